The summed E-state index contributed by atoms with van der Waals surface area (Å²) in [6.07, 6.45) is 1.93. The summed E-state index contributed by atoms with van der Waals surface area (Å²) in [5.74, 6) is 0.0891. The molecule has 0 saturated heterocycles. The molecular formula is C11H19N3O. The standard InChI is InChI=1S/C11H19N3O/c1-8(2)11(15)12-7-10-5-6-14(13-10)9(3)4/h5-6,8-9H,7H2,1-4H3,(H,12,15). The number of hydrogen-bond donors (Lipinski definition) is 1. The lowest BCUT2D eigenvalue weighted by atomic mass is 10.2. The Labute approximate surface area is 90.7 Å². The van der Waals surface area contributed by atoms with Gasteiger partial charge in [0.05, 0.1) is 12.2 Å². The van der Waals surface area contributed by atoms with Crippen molar-refractivity contribution in [3.63, 3.8) is 0 Å². The minimum Gasteiger partial charge on any atom is -0.350 e. The van der Waals surface area contributed by atoms with Gasteiger partial charge in [0.1, 0.15) is 0 Å². The van der Waals surface area contributed by atoms with Crippen molar-refractivity contribution < 1.29 is 4.79 Å². The second kappa shape index (κ2) is 4.96. The van der Waals surface area contributed by atoms with E-state index in [1.54, 1.807) is 0 Å². The number of nitrogens with one attached hydrogen (secondary N) is 1. The van der Waals surface area contributed by atoms with Gasteiger partial charge in [-0.3, -0.25) is 9.48 Å². The smallest absolute Gasteiger partial charge is 0.222 e. The van der Waals surface area contributed by atoms with E-state index >= 15 is 0 Å². The molecule has 0 unspecified atom stereocenters. The van der Waals surface area contributed by atoms with Crippen molar-refractivity contribution in [2.75, 3.05) is 0 Å². The van der Waals surface area contributed by atoms with Crippen LogP contribution in [0.3, 0.4) is 0 Å². The maximum Gasteiger partial charge on any atom is 0.222 e. The van der Waals surface area contributed by atoms with Gasteiger partial charge in [0.15, 0.2) is 0 Å². The molecule has 1 aromatic heterocycles. The van der Waals surface area contributed by atoms with Gasteiger partial charge in [-0.1, -0.05) is 13.8 Å². The van der Waals surface area contributed by atoms with Crippen molar-refractivity contribution in [1.82, 2.24) is 15.1 Å². The lowest BCUT2D eigenvalue weighted by Gasteiger charge is -2.06. The third kappa shape index (κ3) is 3.38. The summed E-state index contributed by atoms with van der Waals surface area (Å²) in [7, 11) is 0. The maximum absolute atomic E-state index is 11.3. The van der Waals surface area contributed by atoms with Crippen LogP contribution in [0.15, 0.2) is 12.3 Å². The topological polar surface area (TPSA) is 46.9 Å². The average molecular weight is 209 g/mol. The second-order valence-corrected chi connectivity index (χ2v) is 4.25. The molecule has 0 bridgehead atoms. The Bertz CT molecular complexity index is 328. The fourth-order valence-corrected chi connectivity index (χ4v) is 1.14. The Morgan fingerprint density at radius 1 is 1.47 bits per heavy atom. The van der Waals surface area contributed by atoms with Crippen molar-refractivity contribution in [2.24, 2.45) is 5.92 Å². The molecule has 4 heteroatoms. The Kier molecular flexibility index (Phi) is 3.88. The third-order valence-electron chi connectivity index (χ3n) is 2.16. The molecule has 0 saturated carbocycles. The van der Waals surface area contributed by atoms with Gasteiger partial charge in [-0.05, 0) is 19.9 Å². The number of hydrogen-bond acceptors (Lipinski definition) is 2. The quantitative estimate of drug-likeness (QED) is 0.821. The highest BCUT2D eigenvalue weighted by molar-refractivity contribution is 5.77. The number of rotatable bonds is 4. The Balaban J connectivity index is 2.48. The molecule has 1 rings (SSSR count). The van der Waals surface area contributed by atoms with E-state index in [1.807, 2.05) is 30.8 Å². The fourth-order valence-electron chi connectivity index (χ4n) is 1.14. The minimum absolute atomic E-state index is 0.0252. The highest BCUT2D eigenvalue weighted by atomic mass is 16.1. The van der Waals surface area contributed by atoms with E-state index in [0.29, 0.717) is 12.6 Å². The summed E-state index contributed by atoms with van der Waals surface area (Å²) in [4.78, 5) is 11.3. The Hall–Kier alpha value is -1.32. The van der Waals surface area contributed by atoms with E-state index in [-0.39, 0.29) is 11.8 Å². The van der Waals surface area contributed by atoms with Crippen LogP contribution >= 0.6 is 0 Å². The first-order chi connectivity index (χ1) is 7.00. The molecule has 0 fully saturated rings. The van der Waals surface area contributed by atoms with Crippen LogP contribution in [0.1, 0.15) is 39.4 Å². The molecule has 0 atom stereocenters. The first kappa shape index (κ1) is 11.8. The van der Waals surface area contributed by atoms with E-state index < -0.39 is 0 Å². The third-order valence-corrected chi connectivity index (χ3v) is 2.16. The van der Waals surface area contributed by atoms with Crippen molar-refractivity contribution in [2.45, 2.75) is 40.3 Å². The lowest BCUT2D eigenvalue weighted by molar-refractivity contribution is -0.124. The number of carbonyl (C=O) groups is 1. The summed E-state index contributed by atoms with van der Waals surface area (Å²) in [5, 5.41) is 7.18. The van der Waals surface area contributed by atoms with Gasteiger partial charge in [0.25, 0.3) is 0 Å². The molecule has 0 aliphatic heterocycles. The molecule has 0 aromatic carbocycles. The van der Waals surface area contributed by atoms with E-state index in [1.165, 1.54) is 0 Å². The molecule has 1 N–H and O–H groups in total. The Morgan fingerprint density at radius 3 is 2.60 bits per heavy atom. The molecule has 0 radical (unpaired) electrons. The number of nitrogens with zero attached hydrogens (tertiary/aromatic N) is 2. The predicted octanol–water partition coefficient (Wildman–Crippen LogP) is 1.74. The molecule has 15 heavy (non-hydrogen) atoms. The highest BCUT2D eigenvalue weighted by Gasteiger charge is 2.07. The first-order valence-corrected chi connectivity index (χ1v) is 5.32. The number of aromatic nitrogens is 2. The maximum atomic E-state index is 11.3. The zero-order valence-corrected chi connectivity index (χ0v) is 9.82. The van der Waals surface area contributed by atoms with Gasteiger partial charge in [0, 0.05) is 18.2 Å². The molecule has 0 spiro atoms. The van der Waals surface area contributed by atoms with Crippen molar-refractivity contribution >= 4 is 5.91 Å². The zero-order chi connectivity index (χ0) is 11.4. The lowest BCUT2D eigenvalue weighted by Crippen LogP contribution is -2.27. The molecule has 4 nitrogen and oxygen atoms in total. The highest BCUT2D eigenvalue weighted by Crippen LogP contribution is 2.04. The largest absolute Gasteiger partial charge is 0.350 e. The van der Waals surface area contributed by atoms with Crippen LogP contribution in [-0.4, -0.2) is 15.7 Å². The van der Waals surface area contributed by atoms with Gasteiger partial charge in [-0.2, -0.15) is 5.10 Å². The SMILES string of the molecule is CC(C)C(=O)NCc1ccn(C(C)C)n1. The fraction of sp³-hybridized carbons (Fsp3) is 0.636. The molecule has 0 aliphatic carbocycles. The summed E-state index contributed by atoms with van der Waals surface area (Å²) >= 11 is 0. The van der Waals surface area contributed by atoms with Crippen molar-refractivity contribution in [3.8, 4) is 0 Å². The van der Waals surface area contributed by atoms with Gasteiger partial charge in [0.2, 0.25) is 5.91 Å². The van der Waals surface area contributed by atoms with Crippen LogP contribution in [-0.2, 0) is 11.3 Å². The van der Waals surface area contributed by atoms with Crippen LogP contribution in [0, 0.1) is 5.92 Å². The number of carbonyl (C=O) groups excluding carboxylic acids is 1. The summed E-state index contributed by atoms with van der Waals surface area (Å²) < 4.78 is 1.89. The summed E-state index contributed by atoms with van der Waals surface area (Å²) in [6, 6.07) is 2.29. The van der Waals surface area contributed by atoms with Gasteiger partial charge < -0.3 is 5.32 Å². The first-order valence-electron chi connectivity index (χ1n) is 5.32. The van der Waals surface area contributed by atoms with Crippen LogP contribution < -0.4 is 5.32 Å². The van der Waals surface area contributed by atoms with E-state index in [9.17, 15) is 4.79 Å². The second-order valence-electron chi connectivity index (χ2n) is 4.25. The summed E-state index contributed by atoms with van der Waals surface area (Å²) in [5.41, 5.74) is 0.901. The van der Waals surface area contributed by atoms with Gasteiger partial charge in [-0.25, -0.2) is 0 Å². The van der Waals surface area contributed by atoms with Gasteiger partial charge in [-0.15, -0.1) is 0 Å². The summed E-state index contributed by atoms with van der Waals surface area (Å²) in [6.45, 7) is 8.41. The van der Waals surface area contributed by atoms with Crippen LogP contribution in [0.2, 0.25) is 0 Å². The molecule has 0 aliphatic rings. The van der Waals surface area contributed by atoms with Crippen LogP contribution in [0.25, 0.3) is 0 Å². The molecule has 1 aromatic rings. The van der Waals surface area contributed by atoms with Crippen molar-refractivity contribution in [3.05, 3.63) is 18.0 Å². The normalized spacial score (nSPS) is 11.1. The monoisotopic (exact) mass is 209 g/mol. The van der Waals surface area contributed by atoms with E-state index in [4.69, 9.17) is 0 Å². The minimum atomic E-state index is 0.0252. The van der Waals surface area contributed by atoms with E-state index in [2.05, 4.69) is 24.3 Å². The predicted molar refractivity (Wildman–Crippen MR) is 59.3 cm³/mol. The molecule has 84 valence electrons. The van der Waals surface area contributed by atoms with E-state index in [0.717, 1.165) is 5.69 Å². The Morgan fingerprint density at radius 2 is 2.13 bits per heavy atom. The average Bonchev–Trinajstić information content (AvgIpc) is 2.62. The molecule has 1 amide bonds. The molecular weight excluding hydrogens is 190 g/mol. The zero-order valence-electron chi connectivity index (χ0n) is 9.82. The van der Waals surface area contributed by atoms with Gasteiger partial charge >= 0.3 is 0 Å². The van der Waals surface area contributed by atoms with Crippen molar-refractivity contribution in [1.29, 1.82) is 0 Å². The number of amides is 1. The molecule has 1 heterocycles. The van der Waals surface area contributed by atoms with Crippen LogP contribution in [0.4, 0.5) is 0 Å². The van der Waals surface area contributed by atoms with Crippen LogP contribution in [0.5, 0.6) is 0 Å².